The predicted octanol–water partition coefficient (Wildman–Crippen LogP) is 0.736. The molecule has 1 saturated heterocycles. The highest BCUT2D eigenvalue weighted by Crippen LogP contribution is 2.08. The van der Waals surface area contributed by atoms with Crippen molar-refractivity contribution in [3.8, 4) is 0 Å². The van der Waals surface area contributed by atoms with Crippen molar-refractivity contribution in [2.45, 2.75) is 6.42 Å². The van der Waals surface area contributed by atoms with Gasteiger partial charge in [-0.15, -0.1) is 0 Å². The molecule has 0 bridgehead atoms. The fourth-order valence-corrected chi connectivity index (χ4v) is 2.59. The molecule has 0 aliphatic carbocycles. The molecule has 0 spiro atoms. The molecule has 0 unspecified atom stereocenters. The summed E-state index contributed by atoms with van der Waals surface area (Å²) in [5, 5.41) is 3.20. The predicted molar refractivity (Wildman–Crippen MR) is 88.2 cm³/mol. The Hall–Kier alpha value is -1.99. The van der Waals surface area contributed by atoms with Gasteiger partial charge in [-0.1, -0.05) is 0 Å². The number of rotatable bonds is 7. The van der Waals surface area contributed by atoms with Gasteiger partial charge in [0.25, 0.3) is 5.91 Å². The molecule has 1 aromatic rings. The van der Waals surface area contributed by atoms with Gasteiger partial charge in [-0.05, 0) is 24.3 Å². The number of nitrogens with one attached hydrogen (secondary N) is 1. The number of halogens is 1. The van der Waals surface area contributed by atoms with E-state index in [1.54, 1.807) is 12.0 Å². The Balaban J connectivity index is 1.95. The van der Waals surface area contributed by atoms with Crippen LogP contribution in [-0.4, -0.2) is 74.6 Å². The van der Waals surface area contributed by atoms with Gasteiger partial charge in [-0.2, -0.15) is 0 Å². The Kier molecular flexibility index (Phi) is 7.14. The highest BCUT2D eigenvalue weighted by molar-refractivity contribution is 5.94. The van der Waals surface area contributed by atoms with E-state index in [0.29, 0.717) is 38.3 Å². The molecule has 1 N–H and O–H groups in total. The number of hydrogen-bond acceptors (Lipinski definition) is 4. The molecule has 1 aliphatic heterocycles. The first-order chi connectivity index (χ1) is 11.6. The molecule has 2 rings (SSSR count). The quantitative estimate of drug-likeness (QED) is 0.797. The summed E-state index contributed by atoms with van der Waals surface area (Å²) in [5.74, 6) is -0.560. The van der Waals surface area contributed by atoms with Crippen LogP contribution in [0, 0.1) is 5.82 Å². The van der Waals surface area contributed by atoms with Crippen molar-refractivity contribution in [3.05, 3.63) is 35.6 Å². The van der Waals surface area contributed by atoms with E-state index in [0.717, 1.165) is 13.1 Å². The van der Waals surface area contributed by atoms with E-state index in [2.05, 4.69) is 5.32 Å². The molecule has 1 aliphatic rings. The van der Waals surface area contributed by atoms with Crippen LogP contribution < -0.4 is 5.32 Å². The van der Waals surface area contributed by atoms with Crippen molar-refractivity contribution in [3.63, 3.8) is 0 Å². The summed E-state index contributed by atoms with van der Waals surface area (Å²) in [5.41, 5.74) is 0.405. The fraction of sp³-hybridized carbons (Fsp3) is 0.529. The Bertz CT molecular complexity index is 545. The molecule has 0 atom stereocenters. The van der Waals surface area contributed by atoms with Gasteiger partial charge in [0, 0.05) is 58.4 Å². The van der Waals surface area contributed by atoms with E-state index in [-0.39, 0.29) is 24.1 Å². The van der Waals surface area contributed by atoms with Gasteiger partial charge in [-0.25, -0.2) is 4.39 Å². The van der Waals surface area contributed by atoms with E-state index >= 15 is 0 Å². The molecule has 1 aromatic carbocycles. The Morgan fingerprint density at radius 3 is 2.50 bits per heavy atom. The minimum atomic E-state index is -0.385. The second-order valence-corrected chi connectivity index (χ2v) is 5.67. The topological polar surface area (TPSA) is 61.9 Å². The second-order valence-electron chi connectivity index (χ2n) is 5.67. The van der Waals surface area contributed by atoms with Gasteiger partial charge < -0.3 is 19.9 Å². The van der Waals surface area contributed by atoms with Crippen LogP contribution >= 0.6 is 0 Å². The van der Waals surface area contributed by atoms with Crippen LogP contribution in [0.25, 0.3) is 0 Å². The average Bonchev–Trinajstić information content (AvgIpc) is 2.62. The first kappa shape index (κ1) is 18.4. The smallest absolute Gasteiger partial charge is 0.253 e. The first-order valence-corrected chi connectivity index (χ1v) is 8.14. The maximum absolute atomic E-state index is 13.0. The monoisotopic (exact) mass is 337 g/mol. The zero-order chi connectivity index (χ0) is 17.4. The molecule has 6 nitrogen and oxygen atoms in total. The van der Waals surface area contributed by atoms with Crippen LogP contribution in [0.2, 0.25) is 0 Å². The van der Waals surface area contributed by atoms with Gasteiger partial charge >= 0.3 is 0 Å². The van der Waals surface area contributed by atoms with Crippen molar-refractivity contribution in [1.82, 2.24) is 15.1 Å². The number of methoxy groups -OCH3 is 1. The van der Waals surface area contributed by atoms with Gasteiger partial charge in [0.2, 0.25) is 5.91 Å². The minimum Gasteiger partial charge on any atom is -0.383 e. The lowest BCUT2D eigenvalue weighted by atomic mass is 10.2. The molecule has 7 heteroatoms. The highest BCUT2D eigenvalue weighted by Gasteiger charge is 2.20. The zero-order valence-electron chi connectivity index (χ0n) is 14.0. The fourth-order valence-electron chi connectivity index (χ4n) is 2.59. The number of hydrogen-bond donors (Lipinski definition) is 1. The lowest BCUT2D eigenvalue weighted by Crippen LogP contribution is -2.47. The molecular formula is C17H24FN3O3. The summed E-state index contributed by atoms with van der Waals surface area (Å²) >= 11 is 0. The Morgan fingerprint density at radius 1 is 1.21 bits per heavy atom. The summed E-state index contributed by atoms with van der Waals surface area (Å²) in [7, 11) is 1.56. The number of ether oxygens (including phenoxy) is 1. The van der Waals surface area contributed by atoms with E-state index in [1.165, 1.54) is 24.3 Å². The summed E-state index contributed by atoms with van der Waals surface area (Å²) in [6.45, 7) is 4.09. The van der Waals surface area contributed by atoms with Gasteiger partial charge in [-0.3, -0.25) is 9.59 Å². The molecule has 0 saturated carbocycles. The maximum atomic E-state index is 13.0. The maximum Gasteiger partial charge on any atom is 0.253 e. The largest absolute Gasteiger partial charge is 0.383 e. The van der Waals surface area contributed by atoms with Crippen LogP contribution in [0.15, 0.2) is 24.3 Å². The van der Waals surface area contributed by atoms with Gasteiger partial charge in [0.05, 0.1) is 6.61 Å². The standard InChI is InChI=1S/C17H24FN3O3/c1-24-13-12-21(17(23)14-2-4-15(18)5-3-14)9-6-16(22)20-10-7-19-8-11-20/h2-5,19H,6-13H2,1H3. The number of carbonyl (C=O) groups excluding carboxylic acids is 2. The molecule has 1 heterocycles. The van der Waals surface area contributed by atoms with Crippen LogP contribution in [0.5, 0.6) is 0 Å². The Morgan fingerprint density at radius 2 is 1.88 bits per heavy atom. The van der Waals surface area contributed by atoms with Crippen molar-refractivity contribution < 1.29 is 18.7 Å². The molecule has 132 valence electrons. The lowest BCUT2D eigenvalue weighted by Gasteiger charge is -2.29. The van der Waals surface area contributed by atoms with E-state index in [9.17, 15) is 14.0 Å². The molecule has 0 aromatic heterocycles. The van der Waals surface area contributed by atoms with E-state index < -0.39 is 0 Å². The summed E-state index contributed by atoms with van der Waals surface area (Å²) in [4.78, 5) is 28.2. The van der Waals surface area contributed by atoms with Crippen LogP contribution in [0.4, 0.5) is 4.39 Å². The molecular weight excluding hydrogens is 313 g/mol. The summed E-state index contributed by atoms with van der Waals surface area (Å²) in [6, 6.07) is 5.42. The van der Waals surface area contributed by atoms with Gasteiger partial charge in [0.15, 0.2) is 0 Å². The average molecular weight is 337 g/mol. The zero-order valence-corrected chi connectivity index (χ0v) is 14.0. The van der Waals surface area contributed by atoms with Crippen molar-refractivity contribution in [2.75, 3.05) is 53.0 Å². The number of amides is 2. The molecule has 0 radical (unpaired) electrons. The number of nitrogens with zero attached hydrogens (tertiary/aromatic N) is 2. The van der Waals surface area contributed by atoms with Crippen molar-refractivity contribution in [2.24, 2.45) is 0 Å². The third kappa shape index (κ3) is 5.28. The van der Waals surface area contributed by atoms with Gasteiger partial charge in [0.1, 0.15) is 5.82 Å². The molecule has 24 heavy (non-hydrogen) atoms. The summed E-state index contributed by atoms with van der Waals surface area (Å²) < 4.78 is 18.1. The SMILES string of the molecule is COCCN(CCC(=O)N1CCNCC1)C(=O)c1ccc(F)cc1. The normalized spacial score (nSPS) is 14.5. The van der Waals surface area contributed by atoms with Crippen molar-refractivity contribution in [1.29, 1.82) is 0 Å². The number of carbonyl (C=O) groups is 2. The van der Waals surface area contributed by atoms with E-state index in [4.69, 9.17) is 4.74 Å². The van der Waals surface area contributed by atoms with Crippen molar-refractivity contribution >= 4 is 11.8 Å². The molecule has 1 fully saturated rings. The number of piperazine rings is 1. The van der Waals surface area contributed by atoms with E-state index in [1.807, 2.05) is 4.90 Å². The third-order valence-electron chi connectivity index (χ3n) is 4.01. The Labute approximate surface area is 141 Å². The van der Waals surface area contributed by atoms with Crippen LogP contribution in [0.3, 0.4) is 0 Å². The minimum absolute atomic E-state index is 0.0471. The third-order valence-corrected chi connectivity index (χ3v) is 4.01. The molecule has 2 amide bonds. The van der Waals surface area contributed by atoms with Crippen LogP contribution in [0.1, 0.15) is 16.8 Å². The lowest BCUT2D eigenvalue weighted by molar-refractivity contribution is -0.132. The highest BCUT2D eigenvalue weighted by atomic mass is 19.1. The first-order valence-electron chi connectivity index (χ1n) is 8.14. The summed E-state index contributed by atoms with van der Waals surface area (Å²) in [6.07, 6.45) is 0.274. The second kappa shape index (κ2) is 9.34. The number of benzene rings is 1. The van der Waals surface area contributed by atoms with Crippen LogP contribution in [-0.2, 0) is 9.53 Å².